The van der Waals surface area contributed by atoms with E-state index in [0.29, 0.717) is 12.6 Å². The molecular weight excluding hydrogens is 277 g/mol. The van der Waals surface area contributed by atoms with Crippen molar-refractivity contribution in [1.82, 2.24) is 10.6 Å². The van der Waals surface area contributed by atoms with Crippen LogP contribution in [0.25, 0.3) is 0 Å². The molecule has 2 unspecified atom stereocenters. The van der Waals surface area contributed by atoms with Crippen molar-refractivity contribution in [2.45, 2.75) is 30.4 Å². The second-order valence-corrected chi connectivity index (χ2v) is 7.60. The molecule has 0 aromatic carbocycles. The molecule has 0 aliphatic rings. The third kappa shape index (κ3) is 4.37. The van der Waals surface area contributed by atoms with E-state index in [1.165, 1.54) is 10.6 Å². The Morgan fingerprint density at radius 1 is 1.62 bits per heavy atom. The molecule has 0 aliphatic heterocycles. The summed E-state index contributed by atoms with van der Waals surface area (Å²) < 4.78 is 1.48. The van der Waals surface area contributed by atoms with Gasteiger partial charge < -0.3 is 0 Å². The van der Waals surface area contributed by atoms with Gasteiger partial charge in [0.2, 0.25) is 0 Å². The van der Waals surface area contributed by atoms with Crippen LogP contribution in [0.1, 0.15) is 20.8 Å². The second-order valence-electron chi connectivity index (χ2n) is 3.07. The van der Waals surface area contributed by atoms with E-state index < -0.39 is 0 Å². The molecule has 3 nitrogen and oxygen atoms in total. The summed E-state index contributed by atoms with van der Waals surface area (Å²) in [6, 6.07) is 0.472. The number of alkyl halides is 2. The molecule has 0 aromatic rings. The van der Waals surface area contributed by atoms with Crippen molar-refractivity contribution < 1.29 is 21.2 Å². The number of likely N-dealkylation sites (N-methyl/N-ethyl adjacent to an activating group) is 1. The Bertz CT molecular complexity index is 152. The molecule has 13 heavy (non-hydrogen) atoms. The molecule has 0 spiro atoms. The standard InChI is InChI=1S/C9H21IN3/c1-5-10-9(3,8(2)12-4)13-7-6-11/h6,8,11-13H,5,7H2,1-4H3/q-1. The van der Waals surface area contributed by atoms with Gasteiger partial charge in [0, 0.05) is 0 Å². The number of halogens is 1. The van der Waals surface area contributed by atoms with Crippen molar-refractivity contribution in [1.29, 1.82) is 5.41 Å². The van der Waals surface area contributed by atoms with E-state index in [-0.39, 0.29) is 24.8 Å². The van der Waals surface area contributed by atoms with Crippen molar-refractivity contribution >= 4 is 6.21 Å². The Hall–Kier alpha value is 0.320. The van der Waals surface area contributed by atoms with E-state index in [2.05, 4.69) is 31.4 Å². The molecule has 0 bridgehead atoms. The molecule has 0 aliphatic carbocycles. The second kappa shape index (κ2) is 6.73. The Balaban J connectivity index is 4.22. The molecule has 3 N–H and O–H groups in total. The average molecular weight is 298 g/mol. The molecule has 0 fully saturated rings. The topological polar surface area (TPSA) is 47.9 Å². The van der Waals surface area contributed by atoms with Crippen molar-refractivity contribution in [3.05, 3.63) is 0 Å². The molecule has 0 amide bonds. The van der Waals surface area contributed by atoms with Crippen LogP contribution in [0.5, 0.6) is 0 Å². The van der Waals surface area contributed by atoms with Gasteiger partial charge in [-0.1, -0.05) is 0 Å². The van der Waals surface area contributed by atoms with Gasteiger partial charge in [0.15, 0.2) is 0 Å². The zero-order chi connectivity index (χ0) is 10.3. The quantitative estimate of drug-likeness (QED) is 0.213. The van der Waals surface area contributed by atoms with Gasteiger partial charge in [-0.3, -0.25) is 0 Å². The van der Waals surface area contributed by atoms with Gasteiger partial charge in [-0.2, -0.15) is 0 Å². The molecule has 0 radical (unpaired) electrons. The van der Waals surface area contributed by atoms with Crippen LogP contribution in [-0.2, 0) is 0 Å². The fourth-order valence-corrected chi connectivity index (χ4v) is 4.16. The zero-order valence-electron chi connectivity index (χ0n) is 8.95. The third-order valence-corrected chi connectivity index (χ3v) is 5.87. The minimum absolute atomic E-state index is 0.142. The Kier molecular flexibility index (Phi) is 6.89. The van der Waals surface area contributed by atoms with Gasteiger partial charge in [0.25, 0.3) is 0 Å². The fraction of sp³-hybridized carbons (Fsp3) is 0.889. The van der Waals surface area contributed by atoms with Gasteiger partial charge in [0.1, 0.15) is 0 Å². The van der Waals surface area contributed by atoms with E-state index in [9.17, 15) is 0 Å². The molecule has 0 aromatic heterocycles. The van der Waals surface area contributed by atoms with Crippen LogP contribution in [-0.4, -0.2) is 33.8 Å². The Morgan fingerprint density at radius 3 is 2.62 bits per heavy atom. The molecule has 0 saturated carbocycles. The number of hydrogen-bond acceptors (Lipinski definition) is 3. The SMILES string of the molecule is CC[I-]C(C)(NCC=N)C(C)NC. The van der Waals surface area contributed by atoms with E-state index in [0.717, 1.165) is 0 Å². The molecule has 2 atom stereocenters. The van der Waals surface area contributed by atoms with Crippen LogP contribution in [0.3, 0.4) is 0 Å². The van der Waals surface area contributed by atoms with Crippen molar-refractivity contribution in [3.63, 3.8) is 0 Å². The van der Waals surface area contributed by atoms with E-state index in [1.54, 1.807) is 0 Å². The maximum absolute atomic E-state index is 7.02. The summed E-state index contributed by atoms with van der Waals surface area (Å²) in [5.74, 6) is 0. The van der Waals surface area contributed by atoms with Crippen LogP contribution in [0.2, 0.25) is 0 Å². The molecule has 4 heteroatoms. The van der Waals surface area contributed by atoms with Crippen LogP contribution in [0.15, 0.2) is 0 Å². The summed E-state index contributed by atoms with van der Waals surface area (Å²) in [7, 11) is 1.99. The maximum atomic E-state index is 7.02. The summed E-state index contributed by atoms with van der Waals surface area (Å²) in [5.41, 5.74) is 0. The molecule has 0 saturated heterocycles. The van der Waals surface area contributed by atoms with Crippen LogP contribution in [0.4, 0.5) is 0 Å². The summed E-state index contributed by atoms with van der Waals surface area (Å²) >= 11 is 0.142. The van der Waals surface area contributed by atoms with Crippen molar-refractivity contribution in [2.24, 2.45) is 0 Å². The first-order chi connectivity index (χ1) is 6.10. The van der Waals surface area contributed by atoms with E-state index >= 15 is 0 Å². The van der Waals surface area contributed by atoms with Gasteiger partial charge in [-0.25, -0.2) is 0 Å². The van der Waals surface area contributed by atoms with E-state index in [4.69, 9.17) is 5.41 Å². The summed E-state index contributed by atoms with van der Waals surface area (Å²) in [4.78, 5) is 0. The average Bonchev–Trinajstić information content (AvgIpc) is 2.14. The first-order valence-corrected chi connectivity index (χ1v) is 7.22. The Morgan fingerprint density at radius 2 is 2.23 bits per heavy atom. The summed E-state index contributed by atoms with van der Waals surface area (Å²) in [6.07, 6.45) is 1.43. The summed E-state index contributed by atoms with van der Waals surface area (Å²) in [5, 5.41) is 13.7. The fourth-order valence-electron chi connectivity index (χ4n) is 1.12. The van der Waals surface area contributed by atoms with Crippen molar-refractivity contribution in [3.8, 4) is 0 Å². The Labute approximate surface area is 91.8 Å². The number of nitrogens with one attached hydrogen (secondary N) is 3. The molecule has 0 heterocycles. The third-order valence-electron chi connectivity index (χ3n) is 2.21. The first-order valence-electron chi connectivity index (χ1n) is 4.62. The monoisotopic (exact) mass is 298 g/mol. The van der Waals surface area contributed by atoms with Gasteiger partial charge in [0.05, 0.1) is 0 Å². The number of rotatable bonds is 7. The minimum atomic E-state index is 0.142. The molecular formula is C9H21IN3-. The van der Waals surface area contributed by atoms with Crippen LogP contribution >= 0.6 is 0 Å². The first kappa shape index (κ1) is 13.3. The predicted molar refractivity (Wildman–Crippen MR) is 54.3 cm³/mol. The molecule has 80 valence electrons. The normalized spacial score (nSPS) is 18.2. The van der Waals surface area contributed by atoms with Crippen LogP contribution < -0.4 is 31.8 Å². The molecule has 0 rings (SSSR count). The zero-order valence-corrected chi connectivity index (χ0v) is 11.1. The van der Waals surface area contributed by atoms with Crippen molar-refractivity contribution in [2.75, 3.05) is 18.0 Å². The summed E-state index contributed by atoms with van der Waals surface area (Å²) in [6.45, 7) is 7.38. The van der Waals surface area contributed by atoms with Gasteiger partial charge in [-0.05, 0) is 0 Å². The van der Waals surface area contributed by atoms with Gasteiger partial charge >= 0.3 is 91.8 Å². The predicted octanol–water partition coefficient (Wildman–Crippen LogP) is -2.34. The van der Waals surface area contributed by atoms with E-state index in [1.807, 2.05) is 7.05 Å². The van der Waals surface area contributed by atoms with Crippen LogP contribution in [0, 0.1) is 5.41 Å². The number of hydrogen-bond donors (Lipinski definition) is 3. The van der Waals surface area contributed by atoms with Gasteiger partial charge in [-0.15, -0.1) is 0 Å².